The number of carbonyl (C=O) groups is 1. The Morgan fingerprint density at radius 3 is 3.14 bits per heavy atom. The number of aromatic nitrogens is 1. The number of allylic oxidation sites excluding steroid dienone is 1. The first-order valence-corrected chi connectivity index (χ1v) is 4.16. The van der Waals surface area contributed by atoms with Gasteiger partial charge in [-0.05, 0) is 12.8 Å². The number of aromatic carboxylic acids is 1. The topological polar surface area (TPSA) is 72.6 Å². The number of carboxylic acid groups (broad SMARTS) is 1. The van der Waals surface area contributed by atoms with E-state index in [2.05, 4.69) is 11.6 Å². The average Bonchev–Trinajstić information content (AvgIpc) is 2.61. The molecule has 1 aromatic heterocycles. The molecule has 0 aliphatic carbocycles. The lowest BCUT2D eigenvalue weighted by atomic mass is 10.3. The Morgan fingerprint density at radius 2 is 2.57 bits per heavy atom. The standard InChI is InChI=1S/C9H11NO4/c1-2-3-4-5-13-9-10-7(6-14-9)8(11)12/h2,6H,1,3-5H2,(H,11,12). The van der Waals surface area contributed by atoms with E-state index < -0.39 is 5.97 Å². The Bertz CT molecular complexity index is 318. The predicted octanol–water partition coefficient (Wildman–Crippen LogP) is 1.72. The average molecular weight is 197 g/mol. The van der Waals surface area contributed by atoms with Gasteiger partial charge in [-0.15, -0.1) is 6.58 Å². The van der Waals surface area contributed by atoms with Crippen LogP contribution in [0.15, 0.2) is 23.3 Å². The number of unbranched alkanes of at least 4 members (excludes halogenated alkanes) is 1. The summed E-state index contributed by atoms with van der Waals surface area (Å²) in [5.41, 5.74) is -0.149. The quantitative estimate of drug-likeness (QED) is 0.555. The molecule has 0 radical (unpaired) electrons. The van der Waals surface area contributed by atoms with Gasteiger partial charge in [-0.2, -0.15) is 4.98 Å². The molecule has 1 rings (SSSR count). The van der Waals surface area contributed by atoms with Crippen molar-refractivity contribution in [3.8, 4) is 6.08 Å². The Balaban J connectivity index is 2.36. The molecule has 0 aliphatic rings. The van der Waals surface area contributed by atoms with Crippen molar-refractivity contribution < 1.29 is 19.1 Å². The molecule has 5 heteroatoms. The lowest BCUT2D eigenvalue weighted by molar-refractivity contribution is 0.0690. The minimum atomic E-state index is -1.13. The SMILES string of the molecule is C=CCCCOc1nc(C(=O)O)co1. The second-order valence-electron chi connectivity index (χ2n) is 2.58. The van der Waals surface area contributed by atoms with Crippen LogP contribution in [0.4, 0.5) is 0 Å². The van der Waals surface area contributed by atoms with Crippen LogP contribution >= 0.6 is 0 Å². The molecule has 0 fully saturated rings. The molecule has 76 valence electrons. The van der Waals surface area contributed by atoms with Gasteiger partial charge in [0.2, 0.25) is 0 Å². The van der Waals surface area contributed by atoms with Crippen LogP contribution in [0.2, 0.25) is 0 Å². The smallest absolute Gasteiger partial charge is 0.394 e. The molecule has 0 amide bonds. The monoisotopic (exact) mass is 197 g/mol. The zero-order valence-electron chi connectivity index (χ0n) is 7.60. The van der Waals surface area contributed by atoms with E-state index in [-0.39, 0.29) is 11.8 Å². The highest BCUT2D eigenvalue weighted by molar-refractivity contribution is 5.84. The third kappa shape index (κ3) is 2.93. The highest BCUT2D eigenvalue weighted by Gasteiger charge is 2.10. The van der Waals surface area contributed by atoms with E-state index in [4.69, 9.17) is 14.3 Å². The van der Waals surface area contributed by atoms with Gasteiger partial charge in [0.25, 0.3) is 0 Å². The van der Waals surface area contributed by atoms with Gasteiger partial charge < -0.3 is 14.3 Å². The van der Waals surface area contributed by atoms with Crippen molar-refractivity contribution in [2.24, 2.45) is 0 Å². The van der Waals surface area contributed by atoms with Crippen LogP contribution in [0.25, 0.3) is 0 Å². The highest BCUT2D eigenvalue weighted by Crippen LogP contribution is 2.10. The van der Waals surface area contributed by atoms with Crippen LogP contribution in [-0.4, -0.2) is 22.7 Å². The number of carboxylic acids is 1. The number of oxazole rings is 1. The maximum Gasteiger partial charge on any atom is 0.394 e. The first kappa shape index (κ1) is 10.3. The largest absolute Gasteiger partial charge is 0.476 e. The third-order valence-corrected chi connectivity index (χ3v) is 1.48. The number of hydrogen-bond donors (Lipinski definition) is 1. The molecule has 0 aromatic carbocycles. The van der Waals surface area contributed by atoms with Crippen LogP contribution < -0.4 is 4.74 Å². The van der Waals surface area contributed by atoms with Crippen molar-refractivity contribution >= 4 is 5.97 Å². The van der Waals surface area contributed by atoms with Gasteiger partial charge in [0.05, 0.1) is 6.61 Å². The molecule has 0 spiro atoms. The molecule has 0 atom stereocenters. The fourth-order valence-corrected chi connectivity index (χ4v) is 0.809. The van der Waals surface area contributed by atoms with E-state index in [1.54, 1.807) is 6.08 Å². The van der Waals surface area contributed by atoms with Gasteiger partial charge in [-0.3, -0.25) is 0 Å². The molecular formula is C9H11NO4. The summed E-state index contributed by atoms with van der Waals surface area (Å²) < 4.78 is 9.82. The molecule has 1 N–H and O–H groups in total. The van der Waals surface area contributed by atoms with Crippen LogP contribution in [0.3, 0.4) is 0 Å². The number of hydrogen-bond acceptors (Lipinski definition) is 4. The minimum absolute atomic E-state index is 0.00791. The summed E-state index contributed by atoms with van der Waals surface area (Å²) >= 11 is 0. The lowest BCUT2D eigenvalue weighted by Gasteiger charge is -1.97. The fraction of sp³-hybridized carbons (Fsp3) is 0.333. The van der Waals surface area contributed by atoms with Gasteiger partial charge >= 0.3 is 12.0 Å². The van der Waals surface area contributed by atoms with Gasteiger partial charge in [0.15, 0.2) is 5.69 Å². The maximum atomic E-state index is 10.4. The Labute approximate surface area is 81.0 Å². The Kier molecular flexibility index (Phi) is 3.72. The van der Waals surface area contributed by atoms with Crippen molar-refractivity contribution in [3.63, 3.8) is 0 Å². The normalized spacial score (nSPS) is 9.71. The van der Waals surface area contributed by atoms with Crippen molar-refractivity contribution in [2.75, 3.05) is 6.61 Å². The summed E-state index contributed by atoms with van der Waals surface area (Å²) in [5, 5.41) is 8.52. The molecular weight excluding hydrogens is 186 g/mol. The molecule has 1 aromatic rings. The first-order chi connectivity index (χ1) is 6.74. The molecule has 0 unspecified atom stereocenters. The second kappa shape index (κ2) is 5.06. The third-order valence-electron chi connectivity index (χ3n) is 1.48. The van der Waals surface area contributed by atoms with Crippen molar-refractivity contribution in [3.05, 3.63) is 24.6 Å². The molecule has 14 heavy (non-hydrogen) atoms. The summed E-state index contributed by atoms with van der Waals surface area (Å²) in [6, 6.07) is 0. The highest BCUT2D eigenvalue weighted by atomic mass is 16.6. The molecule has 0 saturated heterocycles. The summed E-state index contributed by atoms with van der Waals surface area (Å²) in [6.07, 6.45) is 4.46. The van der Waals surface area contributed by atoms with Gasteiger partial charge in [-0.1, -0.05) is 6.08 Å². The fourth-order valence-electron chi connectivity index (χ4n) is 0.809. The zero-order valence-corrected chi connectivity index (χ0v) is 7.60. The van der Waals surface area contributed by atoms with E-state index in [9.17, 15) is 4.79 Å². The Morgan fingerprint density at radius 1 is 1.79 bits per heavy atom. The number of nitrogens with zero attached hydrogens (tertiary/aromatic N) is 1. The molecule has 0 aliphatic heterocycles. The molecule has 0 bridgehead atoms. The van der Waals surface area contributed by atoms with E-state index >= 15 is 0 Å². The van der Waals surface area contributed by atoms with Crippen LogP contribution in [-0.2, 0) is 0 Å². The van der Waals surface area contributed by atoms with E-state index in [0.717, 1.165) is 19.1 Å². The Hall–Kier alpha value is -1.78. The van der Waals surface area contributed by atoms with Gasteiger partial charge in [0, 0.05) is 0 Å². The van der Waals surface area contributed by atoms with Gasteiger partial charge in [-0.25, -0.2) is 4.79 Å². The molecule has 0 saturated carbocycles. The van der Waals surface area contributed by atoms with Crippen LogP contribution in [0.5, 0.6) is 6.08 Å². The summed E-state index contributed by atoms with van der Waals surface area (Å²) in [5.74, 6) is -1.13. The first-order valence-electron chi connectivity index (χ1n) is 4.16. The maximum absolute atomic E-state index is 10.4. The number of ether oxygens (including phenoxy) is 1. The molecule has 1 heterocycles. The summed E-state index contributed by atoms with van der Waals surface area (Å²) in [4.78, 5) is 14.0. The zero-order chi connectivity index (χ0) is 10.4. The van der Waals surface area contributed by atoms with Gasteiger partial charge in [0.1, 0.15) is 6.26 Å². The van der Waals surface area contributed by atoms with E-state index in [1.807, 2.05) is 0 Å². The predicted molar refractivity (Wildman–Crippen MR) is 48.4 cm³/mol. The van der Waals surface area contributed by atoms with E-state index in [1.165, 1.54) is 0 Å². The van der Waals surface area contributed by atoms with E-state index in [0.29, 0.717) is 6.61 Å². The lowest BCUT2D eigenvalue weighted by Crippen LogP contribution is -1.99. The van der Waals surface area contributed by atoms with Crippen molar-refractivity contribution in [2.45, 2.75) is 12.8 Å². The summed E-state index contributed by atoms with van der Waals surface area (Å²) in [6.45, 7) is 4.00. The van der Waals surface area contributed by atoms with Crippen molar-refractivity contribution in [1.29, 1.82) is 0 Å². The van der Waals surface area contributed by atoms with Crippen LogP contribution in [0.1, 0.15) is 23.3 Å². The second-order valence-corrected chi connectivity index (χ2v) is 2.58. The van der Waals surface area contributed by atoms with Crippen LogP contribution in [0, 0.1) is 0 Å². The number of rotatable bonds is 6. The minimum Gasteiger partial charge on any atom is -0.476 e. The van der Waals surface area contributed by atoms with Crippen molar-refractivity contribution in [1.82, 2.24) is 4.98 Å². The summed E-state index contributed by atoms with van der Waals surface area (Å²) in [7, 11) is 0. The molecule has 5 nitrogen and oxygen atoms in total.